The highest BCUT2D eigenvalue weighted by molar-refractivity contribution is 5.68. The zero-order valence-electron chi connectivity index (χ0n) is 9.95. The standard InChI is InChI=1S/C13H14F2O3/c1-18-10-5-4-8(12(14)13(10)15)9(6-11(16)17)7-2-3-7/h4-5,7,9H,2-3,6H2,1H3,(H,16,17). The average molecular weight is 256 g/mol. The Morgan fingerprint density at radius 1 is 1.44 bits per heavy atom. The molecule has 0 bridgehead atoms. The molecule has 0 heterocycles. The topological polar surface area (TPSA) is 46.5 Å². The lowest BCUT2D eigenvalue weighted by Gasteiger charge is -2.16. The maximum atomic E-state index is 13.9. The van der Waals surface area contributed by atoms with E-state index in [1.165, 1.54) is 19.2 Å². The number of hydrogen-bond acceptors (Lipinski definition) is 2. The van der Waals surface area contributed by atoms with Crippen LogP contribution in [-0.2, 0) is 4.79 Å². The van der Waals surface area contributed by atoms with Gasteiger partial charge < -0.3 is 9.84 Å². The Morgan fingerprint density at radius 2 is 2.11 bits per heavy atom. The molecule has 0 spiro atoms. The van der Waals surface area contributed by atoms with Gasteiger partial charge in [-0.3, -0.25) is 4.79 Å². The monoisotopic (exact) mass is 256 g/mol. The van der Waals surface area contributed by atoms with Gasteiger partial charge in [0.05, 0.1) is 13.5 Å². The van der Waals surface area contributed by atoms with Crippen LogP contribution in [0.2, 0.25) is 0 Å². The molecule has 0 radical (unpaired) electrons. The van der Waals surface area contributed by atoms with E-state index in [4.69, 9.17) is 5.11 Å². The Bertz CT molecular complexity index is 470. The predicted octanol–water partition coefficient (Wildman–Crippen LogP) is 2.94. The normalized spacial score (nSPS) is 16.4. The molecule has 0 aromatic heterocycles. The van der Waals surface area contributed by atoms with Crippen molar-refractivity contribution in [3.63, 3.8) is 0 Å². The Kier molecular flexibility index (Phi) is 3.50. The molecular weight excluding hydrogens is 242 g/mol. The second-order valence-corrected chi connectivity index (χ2v) is 4.53. The maximum Gasteiger partial charge on any atom is 0.303 e. The van der Waals surface area contributed by atoms with E-state index in [2.05, 4.69) is 4.74 Å². The molecule has 1 aromatic rings. The molecule has 0 saturated heterocycles. The van der Waals surface area contributed by atoms with E-state index in [1.54, 1.807) is 0 Å². The number of benzene rings is 1. The third-order valence-electron chi connectivity index (χ3n) is 3.28. The fourth-order valence-electron chi connectivity index (χ4n) is 2.21. The summed E-state index contributed by atoms with van der Waals surface area (Å²) >= 11 is 0. The molecule has 0 aliphatic heterocycles. The van der Waals surface area contributed by atoms with Crippen molar-refractivity contribution < 1.29 is 23.4 Å². The Labute approximate surface area is 103 Å². The number of methoxy groups -OCH3 is 1. The van der Waals surface area contributed by atoms with Crippen molar-refractivity contribution >= 4 is 5.97 Å². The van der Waals surface area contributed by atoms with E-state index in [-0.39, 0.29) is 23.7 Å². The number of aliphatic carboxylic acids is 1. The van der Waals surface area contributed by atoms with Crippen LogP contribution in [-0.4, -0.2) is 18.2 Å². The van der Waals surface area contributed by atoms with Gasteiger partial charge in [0.2, 0.25) is 5.82 Å². The number of hydrogen-bond donors (Lipinski definition) is 1. The minimum atomic E-state index is -1.05. The Hall–Kier alpha value is -1.65. The highest BCUT2D eigenvalue weighted by atomic mass is 19.2. The molecule has 1 saturated carbocycles. The molecule has 1 unspecified atom stereocenters. The summed E-state index contributed by atoms with van der Waals surface area (Å²) in [6.45, 7) is 0. The van der Waals surface area contributed by atoms with Crippen molar-refractivity contribution in [1.29, 1.82) is 0 Å². The van der Waals surface area contributed by atoms with E-state index in [9.17, 15) is 13.6 Å². The van der Waals surface area contributed by atoms with Crippen LogP contribution in [0.5, 0.6) is 5.75 Å². The van der Waals surface area contributed by atoms with Crippen LogP contribution in [0.15, 0.2) is 12.1 Å². The molecule has 2 rings (SSSR count). The summed E-state index contributed by atoms with van der Waals surface area (Å²) in [5.41, 5.74) is 0.137. The predicted molar refractivity (Wildman–Crippen MR) is 60.6 cm³/mol. The number of rotatable bonds is 5. The zero-order valence-corrected chi connectivity index (χ0v) is 9.95. The van der Waals surface area contributed by atoms with Gasteiger partial charge in [-0.15, -0.1) is 0 Å². The molecule has 1 aliphatic rings. The number of carboxylic acid groups (broad SMARTS) is 1. The van der Waals surface area contributed by atoms with Crippen LogP contribution in [0.1, 0.15) is 30.7 Å². The molecular formula is C13H14F2O3. The number of carbonyl (C=O) groups is 1. The lowest BCUT2D eigenvalue weighted by molar-refractivity contribution is -0.137. The van der Waals surface area contributed by atoms with Gasteiger partial charge in [-0.1, -0.05) is 6.07 Å². The first-order chi connectivity index (χ1) is 8.54. The number of halogens is 2. The first kappa shape index (κ1) is 12.8. The largest absolute Gasteiger partial charge is 0.494 e. The smallest absolute Gasteiger partial charge is 0.303 e. The third kappa shape index (κ3) is 2.44. The molecule has 1 N–H and O–H groups in total. The zero-order chi connectivity index (χ0) is 13.3. The molecule has 1 aliphatic carbocycles. The first-order valence-corrected chi connectivity index (χ1v) is 5.78. The summed E-state index contributed by atoms with van der Waals surface area (Å²) in [5, 5.41) is 8.84. The highest BCUT2D eigenvalue weighted by Crippen LogP contribution is 2.45. The Balaban J connectivity index is 2.35. The maximum absolute atomic E-state index is 13.9. The molecule has 1 atom stereocenters. The van der Waals surface area contributed by atoms with Crippen LogP contribution >= 0.6 is 0 Å². The van der Waals surface area contributed by atoms with E-state index < -0.39 is 23.5 Å². The van der Waals surface area contributed by atoms with Crippen molar-refractivity contribution in [3.05, 3.63) is 29.3 Å². The molecule has 18 heavy (non-hydrogen) atoms. The minimum absolute atomic E-state index is 0.137. The van der Waals surface area contributed by atoms with E-state index in [0.717, 1.165) is 12.8 Å². The van der Waals surface area contributed by atoms with Gasteiger partial charge in [-0.25, -0.2) is 4.39 Å². The average Bonchev–Trinajstić information content (AvgIpc) is 3.14. The summed E-state index contributed by atoms with van der Waals surface area (Å²) in [7, 11) is 1.26. The quantitative estimate of drug-likeness (QED) is 0.881. The summed E-state index contributed by atoms with van der Waals surface area (Å²) in [6, 6.07) is 2.76. The van der Waals surface area contributed by atoms with Gasteiger partial charge in [0.25, 0.3) is 0 Å². The van der Waals surface area contributed by atoms with Crippen LogP contribution in [0.25, 0.3) is 0 Å². The molecule has 3 nitrogen and oxygen atoms in total. The van der Waals surface area contributed by atoms with Crippen molar-refractivity contribution in [1.82, 2.24) is 0 Å². The minimum Gasteiger partial charge on any atom is -0.494 e. The SMILES string of the molecule is COc1ccc(C(CC(=O)O)C2CC2)c(F)c1F. The third-order valence-corrected chi connectivity index (χ3v) is 3.28. The van der Waals surface area contributed by atoms with Gasteiger partial charge in [0.15, 0.2) is 11.6 Å². The van der Waals surface area contributed by atoms with Gasteiger partial charge >= 0.3 is 5.97 Å². The van der Waals surface area contributed by atoms with Crippen LogP contribution in [0.4, 0.5) is 8.78 Å². The van der Waals surface area contributed by atoms with Gasteiger partial charge in [0.1, 0.15) is 0 Å². The molecule has 0 amide bonds. The number of ether oxygens (including phenoxy) is 1. The van der Waals surface area contributed by atoms with Gasteiger partial charge in [0, 0.05) is 5.92 Å². The summed E-state index contributed by atoms with van der Waals surface area (Å²) < 4.78 is 32.2. The van der Waals surface area contributed by atoms with Crippen LogP contribution < -0.4 is 4.74 Å². The Morgan fingerprint density at radius 3 is 2.61 bits per heavy atom. The molecule has 1 aromatic carbocycles. The van der Waals surface area contributed by atoms with Crippen molar-refractivity contribution in [3.8, 4) is 5.75 Å². The number of carboxylic acids is 1. The summed E-state index contributed by atoms with van der Waals surface area (Å²) in [5.74, 6) is -3.52. The van der Waals surface area contributed by atoms with Gasteiger partial charge in [-0.2, -0.15) is 4.39 Å². The van der Waals surface area contributed by atoms with Crippen molar-refractivity contribution in [2.45, 2.75) is 25.2 Å². The first-order valence-electron chi connectivity index (χ1n) is 5.78. The van der Waals surface area contributed by atoms with E-state index >= 15 is 0 Å². The van der Waals surface area contributed by atoms with Crippen molar-refractivity contribution in [2.75, 3.05) is 7.11 Å². The van der Waals surface area contributed by atoms with Gasteiger partial charge in [-0.05, 0) is 30.4 Å². The fraction of sp³-hybridized carbons (Fsp3) is 0.462. The lowest BCUT2D eigenvalue weighted by Crippen LogP contribution is -2.11. The van der Waals surface area contributed by atoms with Crippen LogP contribution in [0, 0.1) is 17.6 Å². The second-order valence-electron chi connectivity index (χ2n) is 4.53. The van der Waals surface area contributed by atoms with Crippen molar-refractivity contribution in [2.24, 2.45) is 5.92 Å². The molecule has 1 fully saturated rings. The summed E-state index contributed by atoms with van der Waals surface area (Å²) in [6.07, 6.45) is 1.56. The molecule has 98 valence electrons. The lowest BCUT2D eigenvalue weighted by atomic mass is 9.90. The van der Waals surface area contributed by atoms with Crippen LogP contribution in [0.3, 0.4) is 0 Å². The highest BCUT2D eigenvalue weighted by Gasteiger charge is 2.36. The summed E-state index contributed by atoms with van der Waals surface area (Å²) in [4.78, 5) is 10.8. The second kappa shape index (κ2) is 4.92. The fourth-order valence-corrected chi connectivity index (χ4v) is 2.21. The van der Waals surface area contributed by atoms with E-state index in [0.29, 0.717) is 0 Å². The molecule has 5 heteroatoms. The van der Waals surface area contributed by atoms with E-state index in [1.807, 2.05) is 0 Å².